The zero-order valence-corrected chi connectivity index (χ0v) is 17.8. The van der Waals surface area contributed by atoms with Gasteiger partial charge >= 0.3 is 0 Å². The molecule has 0 spiro atoms. The van der Waals surface area contributed by atoms with Crippen LogP contribution in [0.5, 0.6) is 0 Å². The van der Waals surface area contributed by atoms with Gasteiger partial charge in [-0.1, -0.05) is 90.6 Å². The maximum atomic E-state index is 12.4. The summed E-state index contributed by atoms with van der Waals surface area (Å²) in [7, 11) is 0. The largest absolute Gasteiger partial charge is 0.355 e. The van der Waals surface area contributed by atoms with E-state index in [9.17, 15) is 4.79 Å². The van der Waals surface area contributed by atoms with E-state index in [1.165, 1.54) is 22.9 Å². The predicted molar refractivity (Wildman–Crippen MR) is 122 cm³/mol. The smallest absolute Gasteiger partial charge is 0.230 e. The highest BCUT2D eigenvalue weighted by molar-refractivity contribution is 7.99. The first-order chi connectivity index (χ1) is 15.3. The second-order valence-electron chi connectivity index (χ2n) is 7.01. The summed E-state index contributed by atoms with van der Waals surface area (Å²) in [5, 5.41) is 15.4. The lowest BCUT2D eigenvalue weighted by atomic mass is 9.88. The Bertz CT molecular complexity index is 1050. The summed E-state index contributed by atoms with van der Waals surface area (Å²) in [5.41, 5.74) is 3.36. The van der Waals surface area contributed by atoms with Gasteiger partial charge in [0.2, 0.25) is 11.1 Å². The standard InChI is InChI=1S/C24H23N5OS/c30-23(18-31-24-26-27-28-29(24)21-14-8-3-9-15-21)25-17-16-22(19-10-4-1-5-11-19)20-12-6-2-7-13-20/h1-15,22H,16-18H2,(H,25,30). The number of para-hydroxylation sites is 1. The van der Waals surface area contributed by atoms with Crippen molar-refractivity contribution in [3.63, 3.8) is 0 Å². The Morgan fingerprint density at radius 3 is 2.06 bits per heavy atom. The van der Waals surface area contributed by atoms with Crippen molar-refractivity contribution in [2.24, 2.45) is 0 Å². The van der Waals surface area contributed by atoms with Crippen molar-refractivity contribution in [1.29, 1.82) is 0 Å². The number of hydrogen-bond acceptors (Lipinski definition) is 5. The molecule has 0 bridgehead atoms. The number of benzene rings is 3. The number of amides is 1. The Morgan fingerprint density at radius 2 is 1.45 bits per heavy atom. The molecule has 1 N–H and O–H groups in total. The first kappa shape index (κ1) is 20.8. The van der Waals surface area contributed by atoms with Gasteiger partial charge in [0.05, 0.1) is 11.4 Å². The first-order valence-electron chi connectivity index (χ1n) is 10.1. The molecule has 1 amide bonds. The Balaban J connectivity index is 1.32. The van der Waals surface area contributed by atoms with E-state index < -0.39 is 0 Å². The summed E-state index contributed by atoms with van der Waals surface area (Å²) in [6.07, 6.45) is 0.826. The van der Waals surface area contributed by atoms with Crippen molar-refractivity contribution in [2.75, 3.05) is 12.3 Å². The summed E-state index contributed by atoms with van der Waals surface area (Å²) >= 11 is 1.32. The molecule has 0 aliphatic carbocycles. The van der Waals surface area contributed by atoms with Crippen LogP contribution in [0.25, 0.3) is 5.69 Å². The van der Waals surface area contributed by atoms with Gasteiger partial charge in [0, 0.05) is 12.5 Å². The SMILES string of the molecule is O=C(CSc1nnnn1-c1ccccc1)NCCC(c1ccccc1)c1ccccc1. The van der Waals surface area contributed by atoms with E-state index in [0.29, 0.717) is 11.7 Å². The fourth-order valence-corrected chi connectivity index (χ4v) is 4.15. The van der Waals surface area contributed by atoms with Gasteiger partial charge < -0.3 is 5.32 Å². The molecule has 1 heterocycles. The minimum atomic E-state index is -0.0347. The van der Waals surface area contributed by atoms with Crippen molar-refractivity contribution in [1.82, 2.24) is 25.5 Å². The number of nitrogens with zero attached hydrogens (tertiary/aromatic N) is 4. The highest BCUT2D eigenvalue weighted by Gasteiger charge is 2.15. The molecule has 0 aliphatic heterocycles. The van der Waals surface area contributed by atoms with E-state index in [4.69, 9.17) is 0 Å². The summed E-state index contributed by atoms with van der Waals surface area (Å²) in [6, 6.07) is 30.4. The molecule has 1 aromatic heterocycles. The Morgan fingerprint density at radius 1 is 0.871 bits per heavy atom. The van der Waals surface area contributed by atoms with Crippen molar-refractivity contribution in [2.45, 2.75) is 17.5 Å². The van der Waals surface area contributed by atoms with Crippen LogP contribution in [0.15, 0.2) is 96.2 Å². The monoisotopic (exact) mass is 429 g/mol. The molecular formula is C24H23N5OS. The lowest BCUT2D eigenvalue weighted by Gasteiger charge is -2.18. The van der Waals surface area contributed by atoms with Gasteiger partial charge in [-0.05, 0) is 40.1 Å². The van der Waals surface area contributed by atoms with Crippen LogP contribution in [0, 0.1) is 0 Å². The summed E-state index contributed by atoms with van der Waals surface area (Å²) in [4.78, 5) is 12.4. The third-order valence-corrected chi connectivity index (χ3v) is 5.85. The number of nitrogens with one attached hydrogen (secondary N) is 1. The first-order valence-corrected chi connectivity index (χ1v) is 11.1. The van der Waals surface area contributed by atoms with E-state index in [0.717, 1.165) is 12.1 Å². The van der Waals surface area contributed by atoms with Crippen LogP contribution in [0.4, 0.5) is 0 Å². The molecule has 4 aromatic rings. The number of hydrogen-bond donors (Lipinski definition) is 1. The van der Waals surface area contributed by atoms with Crippen LogP contribution in [0.2, 0.25) is 0 Å². The normalized spacial score (nSPS) is 10.9. The van der Waals surface area contributed by atoms with Crippen LogP contribution in [-0.4, -0.2) is 38.4 Å². The minimum absolute atomic E-state index is 0.0347. The van der Waals surface area contributed by atoms with Gasteiger partial charge in [0.25, 0.3) is 0 Å². The Labute approximate surface area is 185 Å². The number of aromatic nitrogens is 4. The third kappa shape index (κ3) is 5.58. The lowest BCUT2D eigenvalue weighted by molar-refractivity contribution is -0.118. The molecule has 0 unspecified atom stereocenters. The second-order valence-corrected chi connectivity index (χ2v) is 7.95. The van der Waals surface area contributed by atoms with Gasteiger partial charge in [-0.2, -0.15) is 4.68 Å². The lowest BCUT2D eigenvalue weighted by Crippen LogP contribution is -2.27. The van der Waals surface area contributed by atoms with E-state index in [1.54, 1.807) is 4.68 Å². The van der Waals surface area contributed by atoms with Crippen molar-refractivity contribution >= 4 is 17.7 Å². The maximum Gasteiger partial charge on any atom is 0.230 e. The Hall–Kier alpha value is -3.45. The van der Waals surface area contributed by atoms with E-state index in [2.05, 4.69) is 69.4 Å². The van der Waals surface area contributed by atoms with Crippen LogP contribution >= 0.6 is 11.8 Å². The van der Waals surface area contributed by atoms with E-state index in [-0.39, 0.29) is 17.6 Å². The molecule has 0 radical (unpaired) electrons. The molecule has 156 valence electrons. The summed E-state index contributed by atoms with van der Waals surface area (Å²) < 4.78 is 1.64. The molecule has 7 heteroatoms. The van der Waals surface area contributed by atoms with E-state index >= 15 is 0 Å². The maximum absolute atomic E-state index is 12.4. The molecule has 0 saturated carbocycles. The van der Waals surface area contributed by atoms with Gasteiger partial charge in [0.15, 0.2) is 0 Å². The molecular weight excluding hydrogens is 406 g/mol. The average Bonchev–Trinajstić information content (AvgIpc) is 3.31. The number of thioether (sulfide) groups is 1. The molecule has 0 saturated heterocycles. The highest BCUT2D eigenvalue weighted by atomic mass is 32.2. The summed E-state index contributed by atoms with van der Waals surface area (Å²) in [6.45, 7) is 0.595. The van der Waals surface area contributed by atoms with Crippen molar-refractivity contribution < 1.29 is 4.79 Å². The van der Waals surface area contributed by atoms with E-state index in [1.807, 2.05) is 42.5 Å². The van der Waals surface area contributed by atoms with Crippen molar-refractivity contribution in [3.05, 3.63) is 102 Å². The van der Waals surface area contributed by atoms with Gasteiger partial charge in [-0.25, -0.2) is 0 Å². The topological polar surface area (TPSA) is 72.7 Å². The fraction of sp³-hybridized carbons (Fsp3) is 0.167. The fourth-order valence-electron chi connectivity index (χ4n) is 3.43. The third-order valence-electron chi connectivity index (χ3n) is 4.93. The number of rotatable bonds is 9. The average molecular weight is 430 g/mol. The zero-order valence-electron chi connectivity index (χ0n) is 17.0. The van der Waals surface area contributed by atoms with Crippen LogP contribution in [-0.2, 0) is 4.79 Å². The summed E-state index contributed by atoms with van der Waals surface area (Å²) in [5.74, 6) is 0.461. The molecule has 31 heavy (non-hydrogen) atoms. The van der Waals surface area contributed by atoms with Gasteiger partial charge in [0.1, 0.15) is 0 Å². The van der Waals surface area contributed by atoms with Crippen LogP contribution in [0.3, 0.4) is 0 Å². The van der Waals surface area contributed by atoms with Gasteiger partial charge in [-0.15, -0.1) is 5.10 Å². The zero-order chi connectivity index (χ0) is 21.3. The number of tetrazole rings is 1. The molecule has 4 rings (SSSR count). The highest BCUT2D eigenvalue weighted by Crippen LogP contribution is 2.27. The number of carbonyl (C=O) groups excluding carboxylic acids is 1. The van der Waals surface area contributed by atoms with Crippen LogP contribution < -0.4 is 5.32 Å². The minimum Gasteiger partial charge on any atom is -0.355 e. The quantitative estimate of drug-likeness (QED) is 0.406. The predicted octanol–water partition coefficient (Wildman–Crippen LogP) is 4.09. The van der Waals surface area contributed by atoms with Crippen molar-refractivity contribution in [3.8, 4) is 5.69 Å². The Kier molecular flexibility index (Phi) is 7.08. The molecule has 0 atom stereocenters. The van der Waals surface area contributed by atoms with Crippen LogP contribution in [0.1, 0.15) is 23.5 Å². The van der Waals surface area contributed by atoms with Gasteiger partial charge in [-0.3, -0.25) is 4.79 Å². The molecule has 6 nitrogen and oxygen atoms in total. The molecule has 0 fully saturated rings. The number of carbonyl (C=O) groups is 1. The second kappa shape index (κ2) is 10.5. The molecule has 3 aromatic carbocycles. The molecule has 0 aliphatic rings.